The van der Waals surface area contributed by atoms with Gasteiger partial charge in [-0.1, -0.05) is 200 Å². The van der Waals surface area contributed by atoms with Gasteiger partial charge < -0.3 is 0 Å². The van der Waals surface area contributed by atoms with Gasteiger partial charge in [-0.3, -0.25) is 9.97 Å². The summed E-state index contributed by atoms with van der Waals surface area (Å²) in [6, 6.07) is 82.1. The van der Waals surface area contributed by atoms with Gasteiger partial charge in [-0.2, -0.15) is 0 Å². The van der Waals surface area contributed by atoms with Crippen LogP contribution in [0.3, 0.4) is 0 Å². The molecular weight excluding hydrogens is 803 g/mol. The summed E-state index contributed by atoms with van der Waals surface area (Å²) in [6.45, 7) is 0. The first-order chi connectivity index (χ1) is 32.8. The Labute approximate surface area is 384 Å². The van der Waals surface area contributed by atoms with E-state index in [1.54, 1.807) is 0 Å². The number of hydrogen-bond acceptors (Lipinski definition) is 5. The van der Waals surface area contributed by atoms with Gasteiger partial charge in [0.1, 0.15) is 0 Å². The highest BCUT2D eigenvalue weighted by Gasteiger charge is 2.30. The average Bonchev–Trinajstić information content (AvgIpc) is 3.41. The third-order valence-corrected chi connectivity index (χ3v) is 11.8. The smallest absolute Gasteiger partial charge is 0.164 e. The molecule has 0 saturated heterocycles. The molecule has 0 aliphatic heterocycles. The van der Waals surface area contributed by atoms with Gasteiger partial charge in [0.05, 0.1) is 11.4 Å². The number of rotatable bonds is 10. The third kappa shape index (κ3) is 7.87. The van der Waals surface area contributed by atoms with Gasteiger partial charge in [0.25, 0.3) is 0 Å². The van der Waals surface area contributed by atoms with Gasteiger partial charge in [0.15, 0.2) is 17.5 Å². The molecule has 11 rings (SSSR count). The van der Waals surface area contributed by atoms with E-state index in [2.05, 4.69) is 164 Å². The van der Waals surface area contributed by atoms with Gasteiger partial charge in [-0.05, 0) is 69.8 Å². The summed E-state index contributed by atoms with van der Waals surface area (Å²) in [5.74, 6) is 1.85. The molecule has 0 aliphatic carbocycles. The lowest BCUT2D eigenvalue weighted by molar-refractivity contribution is 1.07. The van der Waals surface area contributed by atoms with E-state index in [9.17, 15) is 0 Å². The largest absolute Gasteiger partial charge is 0.256 e. The molecule has 11 aromatic rings. The van der Waals surface area contributed by atoms with Crippen LogP contribution in [-0.2, 0) is 0 Å². The van der Waals surface area contributed by atoms with Crippen molar-refractivity contribution in [3.8, 4) is 112 Å². The monoisotopic (exact) mass is 843 g/mol. The minimum absolute atomic E-state index is 0.605. The summed E-state index contributed by atoms with van der Waals surface area (Å²) in [6.07, 6.45) is 3.78. The molecule has 0 spiro atoms. The van der Waals surface area contributed by atoms with Gasteiger partial charge in [0.2, 0.25) is 0 Å². The molecule has 310 valence electrons. The van der Waals surface area contributed by atoms with Gasteiger partial charge >= 0.3 is 0 Å². The molecule has 0 unspecified atom stereocenters. The number of pyridine rings is 2. The molecule has 66 heavy (non-hydrogen) atoms. The zero-order chi connectivity index (χ0) is 44.1. The quantitative estimate of drug-likeness (QED) is 0.137. The van der Waals surface area contributed by atoms with E-state index in [0.29, 0.717) is 17.5 Å². The molecule has 5 nitrogen and oxygen atoms in total. The molecule has 5 heteroatoms. The number of benzene rings is 8. The van der Waals surface area contributed by atoms with Crippen LogP contribution >= 0.6 is 0 Å². The molecule has 0 N–H and O–H groups in total. The van der Waals surface area contributed by atoms with Gasteiger partial charge in [-0.15, -0.1) is 0 Å². The maximum absolute atomic E-state index is 5.14. The molecule has 0 bridgehead atoms. The maximum Gasteiger partial charge on any atom is 0.164 e. The van der Waals surface area contributed by atoms with Crippen molar-refractivity contribution in [2.45, 2.75) is 0 Å². The first-order valence-corrected chi connectivity index (χ1v) is 22.1. The van der Waals surface area contributed by atoms with Crippen molar-refractivity contribution in [1.82, 2.24) is 24.9 Å². The summed E-state index contributed by atoms with van der Waals surface area (Å²) < 4.78 is 0. The lowest BCUT2D eigenvalue weighted by Crippen LogP contribution is -2.03. The van der Waals surface area contributed by atoms with E-state index in [-0.39, 0.29) is 0 Å². The first-order valence-electron chi connectivity index (χ1n) is 22.1. The number of aromatic nitrogens is 5. The maximum atomic E-state index is 5.14. The summed E-state index contributed by atoms with van der Waals surface area (Å²) in [7, 11) is 0. The SMILES string of the molecule is c1ccc(-c2nc(-c3ccccc3)nc(-c3cccc(-c4cccc(-c5c(-c6ccccc6)c(-c6ccccn6)c(-c6ccccc6)c(-c6ccccc6)c5-c5ccccn5)c4)c3)n2)cc1. The summed E-state index contributed by atoms with van der Waals surface area (Å²) >= 11 is 0. The predicted octanol–water partition coefficient (Wildman–Crippen LogP) is 15.3. The second-order valence-electron chi connectivity index (χ2n) is 16.0. The summed E-state index contributed by atoms with van der Waals surface area (Å²) in [5.41, 5.74) is 17.3. The van der Waals surface area contributed by atoms with Crippen molar-refractivity contribution >= 4 is 0 Å². The fourth-order valence-corrected chi connectivity index (χ4v) is 8.88. The van der Waals surface area contributed by atoms with E-state index in [1.165, 1.54) is 0 Å². The van der Waals surface area contributed by atoms with Crippen molar-refractivity contribution in [2.24, 2.45) is 0 Å². The van der Waals surface area contributed by atoms with Crippen LogP contribution in [0, 0.1) is 0 Å². The van der Waals surface area contributed by atoms with Crippen molar-refractivity contribution in [3.05, 3.63) is 249 Å². The number of nitrogens with zero attached hydrogens (tertiary/aromatic N) is 5. The Morgan fingerprint density at radius 2 is 0.485 bits per heavy atom. The van der Waals surface area contributed by atoms with Crippen molar-refractivity contribution in [1.29, 1.82) is 0 Å². The van der Waals surface area contributed by atoms with Crippen LogP contribution in [-0.4, -0.2) is 24.9 Å². The number of hydrogen-bond donors (Lipinski definition) is 0. The highest BCUT2D eigenvalue weighted by atomic mass is 15.0. The fraction of sp³-hybridized carbons (Fsp3) is 0. The van der Waals surface area contributed by atoms with Crippen LogP contribution in [0.1, 0.15) is 0 Å². The molecular formula is C61H41N5. The lowest BCUT2D eigenvalue weighted by Gasteiger charge is -2.28. The average molecular weight is 844 g/mol. The van der Waals surface area contributed by atoms with E-state index in [0.717, 1.165) is 94.8 Å². The summed E-state index contributed by atoms with van der Waals surface area (Å²) in [5, 5.41) is 0. The van der Waals surface area contributed by atoms with Crippen LogP contribution in [0.5, 0.6) is 0 Å². The highest BCUT2D eigenvalue weighted by Crippen LogP contribution is 2.55. The van der Waals surface area contributed by atoms with Crippen molar-refractivity contribution in [2.75, 3.05) is 0 Å². The Morgan fingerprint density at radius 3 is 0.864 bits per heavy atom. The van der Waals surface area contributed by atoms with Gasteiger partial charge in [0, 0.05) is 62.5 Å². The van der Waals surface area contributed by atoms with E-state index >= 15 is 0 Å². The lowest BCUT2D eigenvalue weighted by atomic mass is 9.75. The van der Waals surface area contributed by atoms with Crippen molar-refractivity contribution < 1.29 is 0 Å². The fourth-order valence-electron chi connectivity index (χ4n) is 8.88. The normalized spacial score (nSPS) is 11.0. The molecule has 0 atom stereocenters. The molecule has 8 aromatic carbocycles. The molecule has 0 fully saturated rings. The van der Waals surface area contributed by atoms with E-state index < -0.39 is 0 Å². The predicted molar refractivity (Wildman–Crippen MR) is 270 cm³/mol. The molecule has 0 aliphatic rings. The zero-order valence-corrected chi connectivity index (χ0v) is 35.9. The standard InChI is InChI=1S/C61H41N5/c1-6-22-42(23-7-1)53-54(43-24-8-2-9-25-43)58(52-37-17-19-39-63-52)56(55(44-26-10-3-11-27-44)57(53)51-36-16-18-38-62-51)49-34-20-32-47(40-49)48-33-21-35-50(41-48)61-65-59(45-28-12-4-13-29-45)64-60(66-61)46-30-14-5-15-31-46/h1-41H. The molecule has 0 saturated carbocycles. The second-order valence-corrected chi connectivity index (χ2v) is 16.0. The Hall–Kier alpha value is -8.93. The van der Waals surface area contributed by atoms with Crippen molar-refractivity contribution in [3.63, 3.8) is 0 Å². The third-order valence-electron chi connectivity index (χ3n) is 11.8. The summed E-state index contributed by atoms with van der Waals surface area (Å²) in [4.78, 5) is 25.3. The molecule has 3 heterocycles. The Kier molecular flexibility index (Phi) is 10.9. The Balaban J connectivity index is 1.19. The second kappa shape index (κ2) is 18.0. The first kappa shape index (κ1) is 39.9. The van der Waals surface area contributed by atoms with E-state index in [4.69, 9.17) is 24.9 Å². The molecule has 0 amide bonds. The zero-order valence-electron chi connectivity index (χ0n) is 35.9. The minimum Gasteiger partial charge on any atom is -0.256 e. The minimum atomic E-state index is 0.605. The molecule has 0 radical (unpaired) electrons. The van der Waals surface area contributed by atoms with Crippen LogP contribution < -0.4 is 0 Å². The highest BCUT2D eigenvalue weighted by molar-refractivity contribution is 6.14. The van der Waals surface area contributed by atoms with Gasteiger partial charge in [-0.25, -0.2) is 15.0 Å². The Morgan fingerprint density at radius 1 is 0.197 bits per heavy atom. The Bertz CT molecular complexity index is 3260. The topological polar surface area (TPSA) is 64.5 Å². The van der Waals surface area contributed by atoms with Crippen LogP contribution in [0.15, 0.2) is 249 Å². The van der Waals surface area contributed by atoms with Crippen LogP contribution in [0.4, 0.5) is 0 Å². The van der Waals surface area contributed by atoms with E-state index in [1.807, 2.05) is 85.2 Å². The van der Waals surface area contributed by atoms with Crippen LogP contribution in [0.25, 0.3) is 112 Å². The van der Waals surface area contributed by atoms with Crippen LogP contribution in [0.2, 0.25) is 0 Å². The molecule has 3 aromatic heterocycles.